The van der Waals surface area contributed by atoms with Gasteiger partial charge < -0.3 is 15.8 Å². The van der Waals surface area contributed by atoms with Crippen molar-refractivity contribution in [1.29, 1.82) is 0 Å². The summed E-state index contributed by atoms with van der Waals surface area (Å²) in [5, 5.41) is 3.24. The van der Waals surface area contributed by atoms with Crippen molar-refractivity contribution in [3.63, 3.8) is 0 Å². The molecule has 0 aromatic heterocycles. The SMILES string of the molecule is NCCCCCCC(=O)NC1CCCC2OCCC12. The molecule has 1 heterocycles. The number of unbranched alkanes of at least 4 members (excludes halogenated alkanes) is 3. The maximum atomic E-state index is 12.0. The van der Waals surface area contributed by atoms with Crippen molar-refractivity contribution < 1.29 is 9.53 Å². The number of nitrogens with two attached hydrogens (primary N) is 1. The van der Waals surface area contributed by atoms with Gasteiger partial charge in [-0.15, -0.1) is 0 Å². The van der Waals surface area contributed by atoms with Gasteiger partial charge in [0.25, 0.3) is 0 Å². The summed E-state index contributed by atoms with van der Waals surface area (Å²) < 4.78 is 5.73. The number of rotatable bonds is 7. The first kappa shape index (κ1) is 14.8. The van der Waals surface area contributed by atoms with Gasteiger partial charge in [0.15, 0.2) is 0 Å². The topological polar surface area (TPSA) is 64.4 Å². The van der Waals surface area contributed by atoms with Crippen LogP contribution in [0, 0.1) is 5.92 Å². The Morgan fingerprint density at radius 2 is 2.00 bits per heavy atom. The van der Waals surface area contributed by atoms with Crippen LogP contribution in [0.3, 0.4) is 0 Å². The van der Waals surface area contributed by atoms with Gasteiger partial charge in [-0.05, 0) is 45.1 Å². The Morgan fingerprint density at radius 3 is 2.84 bits per heavy atom. The number of hydrogen-bond donors (Lipinski definition) is 2. The summed E-state index contributed by atoms with van der Waals surface area (Å²) in [6.07, 6.45) is 10.0. The molecule has 0 radical (unpaired) electrons. The molecule has 1 aliphatic carbocycles. The Labute approximate surface area is 116 Å². The van der Waals surface area contributed by atoms with Gasteiger partial charge in [-0.25, -0.2) is 0 Å². The van der Waals surface area contributed by atoms with Crippen LogP contribution in [-0.2, 0) is 9.53 Å². The van der Waals surface area contributed by atoms with Crippen LogP contribution in [0.25, 0.3) is 0 Å². The van der Waals surface area contributed by atoms with E-state index in [4.69, 9.17) is 10.5 Å². The molecule has 0 spiro atoms. The Bertz CT molecular complexity index is 283. The van der Waals surface area contributed by atoms with Crippen LogP contribution in [0.15, 0.2) is 0 Å². The van der Waals surface area contributed by atoms with E-state index in [9.17, 15) is 4.79 Å². The highest BCUT2D eigenvalue weighted by Crippen LogP contribution is 2.34. The Hall–Kier alpha value is -0.610. The van der Waals surface area contributed by atoms with Crippen LogP contribution < -0.4 is 11.1 Å². The van der Waals surface area contributed by atoms with E-state index < -0.39 is 0 Å². The largest absolute Gasteiger partial charge is 0.378 e. The van der Waals surface area contributed by atoms with E-state index in [0.29, 0.717) is 24.5 Å². The van der Waals surface area contributed by atoms with Gasteiger partial charge in [-0.3, -0.25) is 4.79 Å². The molecule has 3 N–H and O–H groups in total. The smallest absolute Gasteiger partial charge is 0.220 e. The zero-order chi connectivity index (χ0) is 13.5. The lowest BCUT2D eigenvalue weighted by atomic mass is 9.82. The van der Waals surface area contributed by atoms with Crippen LogP contribution in [-0.4, -0.2) is 31.2 Å². The first-order valence-electron chi connectivity index (χ1n) is 7.92. The minimum atomic E-state index is 0.227. The summed E-state index contributed by atoms with van der Waals surface area (Å²) in [5.41, 5.74) is 5.45. The Balaban J connectivity index is 1.64. The molecule has 4 nitrogen and oxygen atoms in total. The Kier molecular flexibility index (Phi) is 6.11. The molecule has 0 aromatic rings. The predicted octanol–water partition coefficient (Wildman–Crippen LogP) is 1.97. The van der Waals surface area contributed by atoms with Gasteiger partial charge in [0.2, 0.25) is 5.91 Å². The van der Waals surface area contributed by atoms with Gasteiger partial charge >= 0.3 is 0 Å². The molecular formula is C15H28N2O2. The summed E-state index contributed by atoms with van der Waals surface area (Å²) >= 11 is 0. The van der Waals surface area contributed by atoms with Gasteiger partial charge in [-0.2, -0.15) is 0 Å². The van der Waals surface area contributed by atoms with Crippen molar-refractivity contribution >= 4 is 5.91 Å². The third kappa shape index (κ3) is 4.46. The van der Waals surface area contributed by atoms with Crippen LogP contribution in [0.4, 0.5) is 0 Å². The molecule has 1 amide bonds. The van der Waals surface area contributed by atoms with E-state index in [1.54, 1.807) is 0 Å². The second kappa shape index (κ2) is 7.85. The zero-order valence-corrected chi connectivity index (χ0v) is 11.9. The Morgan fingerprint density at radius 1 is 1.16 bits per heavy atom. The van der Waals surface area contributed by atoms with E-state index >= 15 is 0 Å². The van der Waals surface area contributed by atoms with Crippen LogP contribution in [0.1, 0.15) is 57.8 Å². The lowest BCUT2D eigenvalue weighted by Crippen LogP contribution is -2.45. The number of carbonyl (C=O) groups is 1. The maximum absolute atomic E-state index is 12.0. The lowest BCUT2D eigenvalue weighted by Gasteiger charge is -2.33. The fourth-order valence-electron chi connectivity index (χ4n) is 3.42. The predicted molar refractivity (Wildman–Crippen MR) is 75.8 cm³/mol. The van der Waals surface area contributed by atoms with Gasteiger partial charge in [0, 0.05) is 25.0 Å². The third-order valence-electron chi connectivity index (χ3n) is 4.49. The van der Waals surface area contributed by atoms with Crippen molar-refractivity contribution in [3.8, 4) is 0 Å². The molecule has 110 valence electrons. The van der Waals surface area contributed by atoms with Crippen molar-refractivity contribution in [1.82, 2.24) is 5.32 Å². The fraction of sp³-hybridized carbons (Fsp3) is 0.933. The highest BCUT2D eigenvalue weighted by atomic mass is 16.5. The van der Waals surface area contributed by atoms with Gasteiger partial charge in [-0.1, -0.05) is 12.8 Å². The fourth-order valence-corrected chi connectivity index (χ4v) is 3.42. The molecule has 2 rings (SSSR count). The van der Waals surface area contributed by atoms with E-state index in [0.717, 1.165) is 51.7 Å². The molecular weight excluding hydrogens is 240 g/mol. The van der Waals surface area contributed by atoms with Crippen molar-refractivity contribution in [2.24, 2.45) is 11.7 Å². The van der Waals surface area contributed by atoms with Crippen molar-refractivity contribution in [2.75, 3.05) is 13.2 Å². The molecule has 3 atom stereocenters. The monoisotopic (exact) mass is 268 g/mol. The first-order chi connectivity index (χ1) is 9.31. The number of hydrogen-bond acceptors (Lipinski definition) is 3. The van der Waals surface area contributed by atoms with Crippen molar-refractivity contribution in [2.45, 2.75) is 69.9 Å². The lowest BCUT2D eigenvalue weighted by molar-refractivity contribution is -0.122. The molecule has 0 aromatic carbocycles. The van der Waals surface area contributed by atoms with E-state index in [1.807, 2.05) is 0 Å². The standard InChI is InChI=1S/C15H28N2O2/c16-10-4-2-1-3-8-15(18)17-13-6-5-7-14-12(13)9-11-19-14/h12-14H,1-11,16H2,(H,17,18). The quantitative estimate of drug-likeness (QED) is 0.694. The third-order valence-corrected chi connectivity index (χ3v) is 4.49. The molecule has 0 bridgehead atoms. The van der Waals surface area contributed by atoms with Crippen LogP contribution >= 0.6 is 0 Å². The molecule has 2 aliphatic rings. The number of fused-ring (bicyclic) bond motifs is 1. The van der Waals surface area contributed by atoms with Gasteiger partial charge in [0.05, 0.1) is 6.10 Å². The second-order valence-electron chi connectivity index (χ2n) is 5.92. The summed E-state index contributed by atoms with van der Waals surface area (Å²) in [7, 11) is 0. The second-order valence-corrected chi connectivity index (χ2v) is 5.92. The average molecular weight is 268 g/mol. The number of ether oxygens (including phenoxy) is 1. The van der Waals surface area contributed by atoms with E-state index in [1.165, 1.54) is 12.8 Å². The minimum absolute atomic E-state index is 0.227. The van der Waals surface area contributed by atoms with Crippen LogP contribution in [0.2, 0.25) is 0 Å². The molecule has 3 unspecified atom stereocenters. The normalized spacial score (nSPS) is 30.1. The number of carbonyl (C=O) groups excluding carboxylic acids is 1. The first-order valence-corrected chi connectivity index (χ1v) is 7.92. The zero-order valence-electron chi connectivity index (χ0n) is 11.9. The van der Waals surface area contributed by atoms with E-state index in [2.05, 4.69) is 5.32 Å². The molecule has 1 saturated carbocycles. The molecule has 1 aliphatic heterocycles. The van der Waals surface area contributed by atoms with Gasteiger partial charge in [0.1, 0.15) is 0 Å². The number of amides is 1. The average Bonchev–Trinajstić information content (AvgIpc) is 2.88. The molecule has 1 saturated heterocycles. The number of nitrogens with one attached hydrogen (secondary N) is 1. The highest BCUT2D eigenvalue weighted by molar-refractivity contribution is 5.76. The van der Waals surface area contributed by atoms with E-state index in [-0.39, 0.29) is 5.91 Å². The highest BCUT2D eigenvalue weighted by Gasteiger charge is 2.38. The summed E-state index contributed by atoms with van der Waals surface area (Å²) in [4.78, 5) is 12.0. The summed E-state index contributed by atoms with van der Waals surface area (Å²) in [6, 6.07) is 0.359. The molecule has 19 heavy (non-hydrogen) atoms. The molecule has 2 fully saturated rings. The summed E-state index contributed by atoms with van der Waals surface area (Å²) in [5.74, 6) is 0.792. The minimum Gasteiger partial charge on any atom is -0.378 e. The molecule has 4 heteroatoms. The maximum Gasteiger partial charge on any atom is 0.220 e. The summed E-state index contributed by atoms with van der Waals surface area (Å²) in [6.45, 7) is 1.64. The van der Waals surface area contributed by atoms with Crippen LogP contribution in [0.5, 0.6) is 0 Å². The van der Waals surface area contributed by atoms with Crippen molar-refractivity contribution in [3.05, 3.63) is 0 Å².